The Morgan fingerprint density at radius 2 is 1.91 bits per heavy atom. The number of esters is 1. The summed E-state index contributed by atoms with van der Waals surface area (Å²) in [7, 11) is 1.34. The van der Waals surface area contributed by atoms with Gasteiger partial charge in [-0.15, -0.1) is 0 Å². The fourth-order valence-electron chi connectivity index (χ4n) is 5.56. The third-order valence-corrected chi connectivity index (χ3v) is 7.39. The molecule has 1 saturated heterocycles. The van der Waals surface area contributed by atoms with E-state index < -0.39 is 18.1 Å². The molecular weight excluding hydrogens is 448 g/mol. The number of hydrogen-bond donors (Lipinski definition) is 3. The average molecular weight is 489 g/mol. The molecule has 8 heteroatoms. The van der Waals surface area contributed by atoms with Crippen LogP contribution in [0.15, 0.2) is 24.3 Å². The van der Waals surface area contributed by atoms with E-state index in [0.717, 1.165) is 57.8 Å². The first-order valence-corrected chi connectivity index (χ1v) is 13.0. The first-order chi connectivity index (χ1) is 16.9. The van der Waals surface area contributed by atoms with Crippen LogP contribution in [0.5, 0.6) is 5.75 Å². The molecule has 8 nitrogen and oxygen atoms in total. The van der Waals surface area contributed by atoms with Gasteiger partial charge in [0.05, 0.1) is 13.5 Å². The van der Waals surface area contributed by atoms with E-state index in [1.165, 1.54) is 7.11 Å². The summed E-state index contributed by atoms with van der Waals surface area (Å²) in [5.41, 5.74) is 0.675. The largest absolute Gasteiger partial charge is 0.508 e. The van der Waals surface area contributed by atoms with Gasteiger partial charge in [0, 0.05) is 13.2 Å². The van der Waals surface area contributed by atoms with Crippen molar-refractivity contribution in [3.8, 4) is 5.75 Å². The van der Waals surface area contributed by atoms with Crippen molar-refractivity contribution >= 4 is 17.8 Å². The molecule has 3 rings (SSSR count). The van der Waals surface area contributed by atoms with Crippen LogP contribution in [0.1, 0.15) is 69.8 Å². The number of amides is 2. The summed E-state index contributed by atoms with van der Waals surface area (Å²) < 4.78 is 5.03. The lowest BCUT2D eigenvalue weighted by molar-refractivity contribution is -0.152. The molecule has 3 N–H and O–H groups in total. The molecule has 35 heavy (non-hydrogen) atoms. The SMILES string of the molecule is COC(=O)[C@@H]1C[C@@H](CCCCCO)CN1C(=O)[C@@H](NC(=O)Cc1cccc(O)c1)C1CCCCC1. The average Bonchev–Trinajstić information content (AvgIpc) is 3.29. The normalized spacial score (nSPS) is 21.5. The lowest BCUT2D eigenvalue weighted by Gasteiger charge is -2.34. The predicted molar refractivity (Wildman–Crippen MR) is 131 cm³/mol. The Balaban J connectivity index is 1.73. The molecule has 0 unspecified atom stereocenters. The van der Waals surface area contributed by atoms with Gasteiger partial charge in [-0.3, -0.25) is 9.59 Å². The number of ether oxygens (including phenoxy) is 1. The zero-order valence-electron chi connectivity index (χ0n) is 20.8. The maximum Gasteiger partial charge on any atom is 0.328 e. The van der Waals surface area contributed by atoms with E-state index in [-0.39, 0.29) is 42.4 Å². The number of aromatic hydroxyl groups is 1. The van der Waals surface area contributed by atoms with E-state index >= 15 is 0 Å². The number of carbonyl (C=O) groups excluding carboxylic acids is 3. The highest BCUT2D eigenvalue weighted by Crippen LogP contribution is 2.32. The van der Waals surface area contributed by atoms with Gasteiger partial charge in [-0.05, 0) is 61.6 Å². The first kappa shape index (κ1) is 27.0. The van der Waals surface area contributed by atoms with Gasteiger partial charge in [-0.25, -0.2) is 4.79 Å². The number of benzene rings is 1. The monoisotopic (exact) mass is 488 g/mol. The zero-order valence-corrected chi connectivity index (χ0v) is 20.8. The lowest BCUT2D eigenvalue weighted by atomic mass is 9.83. The van der Waals surface area contributed by atoms with Crippen LogP contribution in [0.4, 0.5) is 0 Å². The number of aliphatic hydroxyl groups excluding tert-OH is 1. The number of hydrogen-bond acceptors (Lipinski definition) is 6. The Bertz CT molecular complexity index is 854. The summed E-state index contributed by atoms with van der Waals surface area (Å²) in [5.74, 6) is -0.561. The number of nitrogens with one attached hydrogen (secondary N) is 1. The number of phenolic OH excluding ortho intramolecular Hbond substituents is 1. The van der Waals surface area contributed by atoms with Gasteiger partial charge in [-0.1, -0.05) is 44.2 Å². The number of rotatable bonds is 11. The van der Waals surface area contributed by atoms with Gasteiger partial charge >= 0.3 is 5.97 Å². The van der Waals surface area contributed by atoms with Gasteiger partial charge in [0.2, 0.25) is 11.8 Å². The molecule has 1 aromatic rings. The van der Waals surface area contributed by atoms with Gasteiger partial charge in [0.15, 0.2) is 0 Å². The fraction of sp³-hybridized carbons (Fsp3) is 0.667. The van der Waals surface area contributed by atoms with E-state index in [0.29, 0.717) is 18.5 Å². The smallest absolute Gasteiger partial charge is 0.328 e. The van der Waals surface area contributed by atoms with Crippen molar-refractivity contribution in [3.63, 3.8) is 0 Å². The Morgan fingerprint density at radius 3 is 2.60 bits per heavy atom. The quantitative estimate of drug-likeness (QED) is 0.326. The lowest BCUT2D eigenvalue weighted by Crippen LogP contribution is -2.55. The highest BCUT2D eigenvalue weighted by Gasteiger charge is 2.44. The van der Waals surface area contributed by atoms with E-state index in [9.17, 15) is 19.5 Å². The standard InChI is InChI=1S/C27H40N2O6/c1-35-27(34)23-16-20(9-4-3-7-14-30)18-29(23)26(33)25(21-11-5-2-6-12-21)28-24(32)17-19-10-8-13-22(31)15-19/h8,10,13,15,20-21,23,25,30-31H,2-7,9,11-12,14,16-18H2,1H3,(H,28,32)/t20-,23+,25+/m1/s1. The highest BCUT2D eigenvalue weighted by molar-refractivity contribution is 5.92. The fourth-order valence-corrected chi connectivity index (χ4v) is 5.56. The van der Waals surface area contributed by atoms with Crippen LogP contribution in [0, 0.1) is 11.8 Å². The van der Waals surface area contributed by atoms with Crippen molar-refractivity contribution in [2.24, 2.45) is 11.8 Å². The number of aliphatic hydroxyl groups is 1. The van der Waals surface area contributed by atoms with E-state index in [1.54, 1.807) is 29.2 Å². The third-order valence-electron chi connectivity index (χ3n) is 7.39. The number of methoxy groups -OCH3 is 1. The van der Waals surface area contributed by atoms with Crippen LogP contribution < -0.4 is 5.32 Å². The molecule has 1 aliphatic carbocycles. The van der Waals surface area contributed by atoms with Gasteiger partial charge < -0.3 is 25.2 Å². The molecule has 0 radical (unpaired) electrons. The molecule has 2 aliphatic rings. The minimum Gasteiger partial charge on any atom is -0.508 e. The van der Waals surface area contributed by atoms with Crippen LogP contribution in [0.2, 0.25) is 0 Å². The van der Waals surface area contributed by atoms with Gasteiger partial charge in [0.25, 0.3) is 0 Å². The number of nitrogens with zero attached hydrogens (tertiary/aromatic N) is 1. The molecule has 1 aromatic carbocycles. The summed E-state index contributed by atoms with van der Waals surface area (Å²) in [6.07, 6.45) is 9.02. The third kappa shape index (κ3) is 7.69. The molecule has 0 aromatic heterocycles. The Morgan fingerprint density at radius 1 is 1.14 bits per heavy atom. The topological polar surface area (TPSA) is 116 Å². The van der Waals surface area contributed by atoms with Crippen LogP contribution in [-0.2, 0) is 25.5 Å². The molecule has 0 bridgehead atoms. The molecule has 2 amide bonds. The summed E-state index contributed by atoms with van der Waals surface area (Å²) in [6, 6.07) is 5.24. The minimum atomic E-state index is -0.680. The molecule has 3 atom stereocenters. The van der Waals surface area contributed by atoms with Crippen molar-refractivity contribution in [2.45, 2.75) is 82.7 Å². The second-order valence-electron chi connectivity index (χ2n) is 9.99. The zero-order chi connectivity index (χ0) is 25.2. The van der Waals surface area contributed by atoms with Crippen molar-refractivity contribution in [3.05, 3.63) is 29.8 Å². The summed E-state index contributed by atoms with van der Waals surface area (Å²) in [6.45, 7) is 0.648. The Hall–Kier alpha value is -2.61. The van der Waals surface area contributed by atoms with Gasteiger partial charge in [-0.2, -0.15) is 0 Å². The molecule has 1 aliphatic heterocycles. The van der Waals surface area contributed by atoms with Crippen molar-refractivity contribution in [2.75, 3.05) is 20.3 Å². The van der Waals surface area contributed by atoms with E-state index in [1.807, 2.05) is 0 Å². The Labute approximate surface area is 208 Å². The predicted octanol–water partition coefficient (Wildman–Crippen LogP) is 2.94. The summed E-state index contributed by atoms with van der Waals surface area (Å²) in [5, 5.41) is 21.7. The number of unbranched alkanes of at least 4 members (excludes halogenated alkanes) is 2. The molecule has 0 spiro atoms. The first-order valence-electron chi connectivity index (χ1n) is 13.0. The second kappa shape index (κ2) is 13.5. The summed E-state index contributed by atoms with van der Waals surface area (Å²) >= 11 is 0. The molecule has 2 fully saturated rings. The minimum absolute atomic E-state index is 0.0336. The molecule has 194 valence electrons. The van der Waals surface area contributed by atoms with Crippen LogP contribution in [0.25, 0.3) is 0 Å². The molecular formula is C27H40N2O6. The van der Waals surface area contributed by atoms with Crippen LogP contribution in [-0.4, -0.2) is 65.2 Å². The highest BCUT2D eigenvalue weighted by atomic mass is 16.5. The maximum atomic E-state index is 13.9. The van der Waals surface area contributed by atoms with E-state index in [4.69, 9.17) is 9.84 Å². The number of phenols is 1. The van der Waals surface area contributed by atoms with E-state index in [2.05, 4.69) is 5.32 Å². The number of likely N-dealkylation sites (tertiary alicyclic amines) is 1. The van der Waals surface area contributed by atoms with Crippen LogP contribution >= 0.6 is 0 Å². The van der Waals surface area contributed by atoms with Gasteiger partial charge in [0.1, 0.15) is 17.8 Å². The summed E-state index contributed by atoms with van der Waals surface area (Å²) in [4.78, 5) is 41.0. The molecule has 1 heterocycles. The van der Waals surface area contributed by atoms with Crippen molar-refractivity contribution < 1.29 is 29.3 Å². The Kier molecular flexibility index (Phi) is 10.4. The molecule has 1 saturated carbocycles. The second-order valence-corrected chi connectivity index (χ2v) is 9.99. The van der Waals surface area contributed by atoms with Crippen molar-refractivity contribution in [1.29, 1.82) is 0 Å². The number of carbonyl (C=O) groups is 3. The van der Waals surface area contributed by atoms with Crippen LogP contribution in [0.3, 0.4) is 0 Å². The maximum absolute atomic E-state index is 13.9. The van der Waals surface area contributed by atoms with Crippen molar-refractivity contribution in [1.82, 2.24) is 10.2 Å².